The van der Waals surface area contributed by atoms with Crippen LogP contribution in [-0.2, 0) is 46.4 Å². The second kappa shape index (κ2) is 24.5. The van der Waals surface area contributed by atoms with Gasteiger partial charge in [-0.15, -0.1) is 0 Å². The highest BCUT2D eigenvalue weighted by Gasteiger charge is 2.35. The number of aromatic hydroxyl groups is 1. The minimum Gasteiger partial charge on any atom is -0.507 e. The Morgan fingerprint density at radius 1 is 0.790 bits per heavy atom. The molecule has 4 atom stereocenters. The number of unbranched alkanes of at least 4 members (excludes halogenated alkanes) is 1. The Morgan fingerprint density at radius 2 is 1.44 bits per heavy atom. The summed E-state index contributed by atoms with van der Waals surface area (Å²) in [5.41, 5.74) is 7.14. The summed E-state index contributed by atoms with van der Waals surface area (Å²) in [6.45, 7) is -0.0984. The molecule has 0 radical (unpaired) electrons. The summed E-state index contributed by atoms with van der Waals surface area (Å²) in [7, 11) is 2.93. The number of hydrogen-bond acceptors (Lipinski definition) is 9. The van der Waals surface area contributed by atoms with E-state index in [1.807, 2.05) is 65.1 Å². The quantitative estimate of drug-likeness (QED) is 0.0402. The van der Waals surface area contributed by atoms with E-state index in [1.54, 1.807) is 12.1 Å². The number of likely N-dealkylation sites (N-methyl/N-ethyl adjacent to an activating group) is 1. The zero-order valence-corrected chi connectivity index (χ0v) is 37.0. The maximum Gasteiger partial charge on any atom is 0.303 e. The number of rotatable bonds is 17. The van der Waals surface area contributed by atoms with Gasteiger partial charge in [-0.1, -0.05) is 48.5 Å². The third-order valence-corrected chi connectivity index (χ3v) is 11.2. The molecule has 10 N–H and O–H groups in total. The number of carboxylic acid groups (broad SMARTS) is 1. The number of guanidine groups is 1. The maximum absolute atomic E-state index is 14.4. The molecule has 4 rings (SSSR count). The Kier molecular flexibility index (Phi) is 19.2. The summed E-state index contributed by atoms with van der Waals surface area (Å²) in [6.07, 6.45) is 1.51. The van der Waals surface area contributed by atoms with Crippen molar-refractivity contribution >= 4 is 80.7 Å². The highest BCUT2D eigenvalue weighted by atomic mass is 127. The van der Waals surface area contributed by atoms with E-state index in [4.69, 9.17) is 10.8 Å². The molecule has 3 aromatic carbocycles. The number of fused-ring (bicyclic) bond motifs is 1. The number of aliphatic carboxylic acids is 1. The van der Waals surface area contributed by atoms with E-state index in [2.05, 4.69) is 36.9 Å². The third-order valence-electron chi connectivity index (χ3n) is 10.4. The number of nitrogens with zero attached hydrogens (tertiary/aromatic N) is 2. The van der Waals surface area contributed by atoms with Gasteiger partial charge in [0.25, 0.3) is 0 Å². The van der Waals surface area contributed by atoms with Gasteiger partial charge in [0.05, 0.1) is 10.1 Å². The number of phenolic OH excluding ortho intramolecular Hbond substituents is 1. The molecule has 0 saturated carbocycles. The van der Waals surface area contributed by atoms with Crippen molar-refractivity contribution in [3.63, 3.8) is 0 Å². The molecule has 0 bridgehead atoms. The summed E-state index contributed by atoms with van der Waals surface area (Å²) in [5.74, 6) is -4.38. The van der Waals surface area contributed by atoms with Gasteiger partial charge in [-0.05, 0) is 95.1 Å². The number of carbonyl (C=O) groups is 7. The number of halogens is 1. The largest absolute Gasteiger partial charge is 0.507 e. The van der Waals surface area contributed by atoms with Gasteiger partial charge < -0.3 is 52.7 Å². The number of nitrogens with two attached hydrogens (primary N) is 1. The van der Waals surface area contributed by atoms with Gasteiger partial charge in [-0.2, -0.15) is 0 Å². The van der Waals surface area contributed by atoms with Crippen LogP contribution in [0.1, 0.15) is 62.5 Å². The van der Waals surface area contributed by atoms with Crippen LogP contribution in [0.5, 0.6) is 5.75 Å². The first-order valence-corrected chi connectivity index (χ1v) is 21.6. The molecule has 334 valence electrons. The molecule has 18 nitrogen and oxygen atoms in total. The first-order chi connectivity index (χ1) is 29.6. The lowest BCUT2D eigenvalue weighted by Gasteiger charge is -2.32. The van der Waals surface area contributed by atoms with Crippen molar-refractivity contribution in [1.82, 2.24) is 36.8 Å². The summed E-state index contributed by atoms with van der Waals surface area (Å²) in [6, 6.07) is 13.3. The van der Waals surface area contributed by atoms with Crippen LogP contribution < -0.4 is 37.6 Å². The lowest BCUT2D eigenvalue weighted by atomic mass is 10.00. The van der Waals surface area contributed by atoms with E-state index in [9.17, 15) is 38.7 Å². The molecule has 6 amide bonds. The van der Waals surface area contributed by atoms with Crippen molar-refractivity contribution in [2.24, 2.45) is 10.7 Å². The minimum atomic E-state index is -1.23. The van der Waals surface area contributed by atoms with E-state index in [0.717, 1.165) is 16.3 Å². The molecular weight excluding hydrogens is 913 g/mol. The zero-order chi connectivity index (χ0) is 45.2. The van der Waals surface area contributed by atoms with Gasteiger partial charge in [0, 0.05) is 52.9 Å². The third kappa shape index (κ3) is 15.5. The average Bonchev–Trinajstić information content (AvgIpc) is 3.25. The van der Waals surface area contributed by atoms with Gasteiger partial charge in [-0.3, -0.25) is 38.6 Å². The van der Waals surface area contributed by atoms with Crippen molar-refractivity contribution < 1.29 is 43.8 Å². The van der Waals surface area contributed by atoms with E-state index in [1.165, 1.54) is 25.1 Å². The van der Waals surface area contributed by atoms with Crippen molar-refractivity contribution in [3.8, 4) is 5.75 Å². The van der Waals surface area contributed by atoms with Crippen LogP contribution in [0.4, 0.5) is 0 Å². The predicted octanol–water partition coefficient (Wildman–Crippen LogP) is 1.20. The second-order valence-corrected chi connectivity index (χ2v) is 16.2. The summed E-state index contributed by atoms with van der Waals surface area (Å²) < 4.78 is 0.512. The Balaban J connectivity index is 1.66. The van der Waals surface area contributed by atoms with Crippen LogP contribution in [0, 0.1) is 3.57 Å². The van der Waals surface area contributed by atoms with Crippen LogP contribution >= 0.6 is 22.6 Å². The molecule has 1 fully saturated rings. The fourth-order valence-electron chi connectivity index (χ4n) is 6.94. The predicted molar refractivity (Wildman–Crippen MR) is 241 cm³/mol. The summed E-state index contributed by atoms with van der Waals surface area (Å²) in [4.78, 5) is 98.8. The first kappa shape index (κ1) is 48.7. The van der Waals surface area contributed by atoms with Gasteiger partial charge >= 0.3 is 5.97 Å². The highest BCUT2D eigenvalue weighted by molar-refractivity contribution is 14.1. The normalized spacial score (nSPS) is 19.4. The van der Waals surface area contributed by atoms with Gasteiger partial charge in [-0.25, -0.2) is 0 Å². The lowest BCUT2D eigenvalue weighted by molar-refractivity contribution is -0.142. The van der Waals surface area contributed by atoms with Crippen molar-refractivity contribution in [3.05, 3.63) is 75.4 Å². The summed E-state index contributed by atoms with van der Waals surface area (Å²) >= 11 is 1.94. The minimum absolute atomic E-state index is 0.0319. The molecule has 1 aliphatic heterocycles. The molecular formula is C43H56IN9O9. The number of hydrogen-bond donors (Lipinski definition) is 9. The molecule has 0 spiro atoms. The highest BCUT2D eigenvalue weighted by Crippen LogP contribution is 2.22. The molecule has 0 aromatic heterocycles. The van der Waals surface area contributed by atoms with Crippen LogP contribution in [0.15, 0.2) is 65.7 Å². The van der Waals surface area contributed by atoms with E-state index >= 15 is 0 Å². The number of nitrogens with one attached hydrogen (secondary N) is 6. The monoisotopic (exact) mass is 969 g/mol. The fourth-order valence-corrected chi connectivity index (χ4v) is 7.52. The number of phenols is 1. The number of carboxylic acids is 1. The molecule has 1 saturated heterocycles. The number of amides is 6. The van der Waals surface area contributed by atoms with Crippen LogP contribution in [0.2, 0.25) is 0 Å². The average molecular weight is 970 g/mol. The van der Waals surface area contributed by atoms with Crippen molar-refractivity contribution in [2.75, 3.05) is 33.7 Å². The van der Waals surface area contributed by atoms with Crippen LogP contribution in [0.25, 0.3) is 10.8 Å². The number of benzene rings is 3. The lowest BCUT2D eigenvalue weighted by Crippen LogP contribution is -2.58. The zero-order valence-electron chi connectivity index (χ0n) is 34.9. The smallest absolute Gasteiger partial charge is 0.303 e. The number of carbonyl (C=O) groups excluding carboxylic acids is 6. The molecule has 3 aromatic rings. The standard InChI is InChI=1S/C43H56IN9O9/c1-46-43(45)48-20-7-11-31-40(60)52-32(23-26-15-17-28-9-3-4-10-29(28)21-26)39(59)49-25-37(56)50-33(24-27-16-18-35(54)30(44)22-27)42(62)53(2)34(41(61)51-31)12-8-19-47-36(55)13-5-6-14-38(57)58/h3-4,9-10,15-18,21-22,31-34,54H,5-8,11-14,19-20,23-25H2,1-2H3,(H,47,55)(H,49,59)(H,50,56)(H,51,61)(H,52,60)(H,57,58)(H3,45,46,48)/t31-,32-,33+,34+/m0/s1. The van der Waals surface area contributed by atoms with Gasteiger partial charge in [0.2, 0.25) is 35.4 Å². The van der Waals surface area contributed by atoms with E-state index < -0.39 is 66.2 Å². The Bertz CT molecular complexity index is 2120. The first-order valence-electron chi connectivity index (χ1n) is 20.5. The fraction of sp³-hybridized carbons (Fsp3) is 0.442. The number of aliphatic imine (C=N–C) groups is 1. The molecule has 0 aliphatic carbocycles. The van der Waals surface area contributed by atoms with E-state index in [-0.39, 0.29) is 69.1 Å². The Morgan fingerprint density at radius 3 is 2.16 bits per heavy atom. The summed E-state index contributed by atoms with van der Waals surface area (Å²) in [5, 5.41) is 37.6. The second-order valence-electron chi connectivity index (χ2n) is 15.1. The molecule has 0 unspecified atom stereocenters. The molecule has 62 heavy (non-hydrogen) atoms. The molecule has 1 heterocycles. The van der Waals surface area contributed by atoms with Crippen LogP contribution in [-0.4, -0.2) is 120 Å². The topological polar surface area (TPSA) is 274 Å². The Hall–Kier alpha value is -5.99. The molecule has 19 heteroatoms. The SMILES string of the molecule is CN=C(N)NCCC[C@@H]1NC(=O)[C@@H](CCCNC(=O)CCCCC(=O)O)N(C)C(=O)[C@@H](Cc2ccc(O)c(I)c2)NC(=O)CNC(=O)[C@H](Cc2ccc3ccccc3c2)NC1=O. The molecule has 1 aliphatic rings. The van der Waals surface area contributed by atoms with Crippen molar-refractivity contribution in [1.29, 1.82) is 0 Å². The van der Waals surface area contributed by atoms with Crippen molar-refractivity contribution in [2.45, 2.75) is 88.4 Å². The maximum atomic E-state index is 14.4. The van der Waals surface area contributed by atoms with E-state index in [0.29, 0.717) is 34.9 Å². The van der Waals surface area contributed by atoms with Gasteiger partial charge in [0.1, 0.15) is 29.9 Å². The van der Waals surface area contributed by atoms with Gasteiger partial charge in [0.15, 0.2) is 5.96 Å². The van der Waals surface area contributed by atoms with Crippen LogP contribution in [0.3, 0.4) is 0 Å². The Labute approximate surface area is 373 Å².